The Morgan fingerprint density at radius 2 is 1.93 bits per heavy atom. The Hall–Kier alpha value is -2.99. The molecule has 0 aliphatic carbocycles. The lowest BCUT2D eigenvalue weighted by molar-refractivity contribution is -0.148. The first kappa shape index (κ1) is 19.8. The second-order valence-corrected chi connectivity index (χ2v) is 6.61. The van der Waals surface area contributed by atoms with Gasteiger partial charge in [0.05, 0.1) is 13.2 Å². The lowest BCUT2D eigenvalue weighted by Gasteiger charge is -2.12. The number of rotatable bonds is 5. The van der Waals surface area contributed by atoms with Gasteiger partial charge in [0, 0.05) is 23.2 Å². The van der Waals surface area contributed by atoms with Crippen LogP contribution < -0.4 is 14.8 Å². The minimum atomic E-state index is -0.958. The van der Waals surface area contributed by atoms with Crippen LogP contribution in [0.4, 0.5) is 5.69 Å². The highest BCUT2D eigenvalue weighted by Gasteiger charge is 2.17. The molecule has 1 aliphatic rings. The van der Waals surface area contributed by atoms with E-state index in [2.05, 4.69) is 5.32 Å². The standard InChI is InChI=1S/C21H20ClNO5/c1-14(21(25)23-17-5-2-4-16(22)13-17)28-20(24)9-7-15-6-8-18-19(12-15)27-11-3-10-26-18/h2,4-9,12-14H,3,10-11H2,1H3,(H,23,25)/b9-7+/t14-/m0/s1. The van der Waals surface area contributed by atoms with Gasteiger partial charge in [-0.3, -0.25) is 4.79 Å². The smallest absolute Gasteiger partial charge is 0.331 e. The van der Waals surface area contributed by atoms with Crippen LogP contribution in [0.25, 0.3) is 6.08 Å². The summed E-state index contributed by atoms with van der Waals surface area (Å²) < 4.78 is 16.3. The molecule has 0 saturated heterocycles. The summed E-state index contributed by atoms with van der Waals surface area (Å²) in [6.45, 7) is 2.70. The van der Waals surface area contributed by atoms with Gasteiger partial charge in [-0.05, 0) is 48.9 Å². The van der Waals surface area contributed by atoms with E-state index in [1.165, 1.54) is 13.0 Å². The Balaban J connectivity index is 1.55. The number of hydrogen-bond donors (Lipinski definition) is 1. The summed E-state index contributed by atoms with van der Waals surface area (Å²) in [6, 6.07) is 12.1. The van der Waals surface area contributed by atoms with E-state index in [0.29, 0.717) is 35.4 Å². The molecule has 1 N–H and O–H groups in total. The van der Waals surface area contributed by atoms with Crippen molar-refractivity contribution in [2.24, 2.45) is 0 Å². The highest BCUT2D eigenvalue weighted by atomic mass is 35.5. The summed E-state index contributed by atoms with van der Waals surface area (Å²) in [7, 11) is 0. The quantitative estimate of drug-likeness (QED) is 0.603. The molecule has 28 heavy (non-hydrogen) atoms. The molecule has 0 aromatic heterocycles. The number of esters is 1. The number of fused-ring (bicyclic) bond motifs is 1. The topological polar surface area (TPSA) is 73.9 Å². The lowest BCUT2D eigenvalue weighted by atomic mass is 10.2. The van der Waals surface area contributed by atoms with Crippen LogP contribution in [0.1, 0.15) is 18.9 Å². The molecule has 1 amide bonds. The Morgan fingerprint density at radius 3 is 2.71 bits per heavy atom. The first-order valence-corrected chi connectivity index (χ1v) is 9.24. The van der Waals surface area contributed by atoms with E-state index < -0.39 is 18.0 Å². The van der Waals surface area contributed by atoms with E-state index in [0.717, 1.165) is 12.0 Å². The van der Waals surface area contributed by atoms with Crippen LogP contribution in [-0.2, 0) is 14.3 Å². The average molecular weight is 402 g/mol. The van der Waals surface area contributed by atoms with Gasteiger partial charge in [-0.15, -0.1) is 0 Å². The summed E-state index contributed by atoms with van der Waals surface area (Å²) in [4.78, 5) is 24.2. The number of amides is 1. The van der Waals surface area contributed by atoms with Crippen LogP contribution in [0.5, 0.6) is 11.5 Å². The molecular formula is C21H20ClNO5. The maximum atomic E-state index is 12.1. The predicted molar refractivity (Wildman–Crippen MR) is 107 cm³/mol. The van der Waals surface area contributed by atoms with Crippen molar-refractivity contribution in [3.05, 3.63) is 59.1 Å². The van der Waals surface area contributed by atoms with Gasteiger partial charge in [0.15, 0.2) is 17.6 Å². The molecule has 0 radical (unpaired) electrons. The number of ether oxygens (including phenoxy) is 3. The van der Waals surface area contributed by atoms with Crippen molar-refractivity contribution in [3.8, 4) is 11.5 Å². The maximum absolute atomic E-state index is 12.1. The molecule has 0 saturated carbocycles. The Labute approximate surface area is 168 Å². The molecule has 1 atom stereocenters. The van der Waals surface area contributed by atoms with Crippen LogP contribution >= 0.6 is 11.6 Å². The van der Waals surface area contributed by atoms with Gasteiger partial charge in [0.1, 0.15) is 0 Å². The van der Waals surface area contributed by atoms with Crippen molar-refractivity contribution >= 4 is 35.2 Å². The minimum absolute atomic E-state index is 0.445. The zero-order valence-corrected chi connectivity index (χ0v) is 16.1. The third kappa shape index (κ3) is 5.50. The van der Waals surface area contributed by atoms with Crippen molar-refractivity contribution in [1.29, 1.82) is 0 Å². The van der Waals surface area contributed by atoms with E-state index >= 15 is 0 Å². The Kier molecular flexibility index (Phi) is 6.55. The molecular weight excluding hydrogens is 382 g/mol. The number of nitrogens with one attached hydrogen (secondary N) is 1. The zero-order valence-electron chi connectivity index (χ0n) is 15.3. The van der Waals surface area contributed by atoms with Crippen LogP contribution in [0, 0.1) is 0 Å². The normalized spacial score (nSPS) is 14.2. The van der Waals surface area contributed by atoms with E-state index in [-0.39, 0.29) is 0 Å². The molecule has 2 aromatic carbocycles. The zero-order chi connectivity index (χ0) is 19.9. The number of benzene rings is 2. The van der Waals surface area contributed by atoms with Gasteiger partial charge in [-0.25, -0.2) is 4.79 Å². The molecule has 0 fully saturated rings. The fraction of sp³-hybridized carbons (Fsp3) is 0.238. The van der Waals surface area contributed by atoms with Crippen molar-refractivity contribution in [2.75, 3.05) is 18.5 Å². The number of carbonyl (C=O) groups is 2. The number of halogens is 1. The first-order chi connectivity index (χ1) is 13.5. The van der Waals surface area contributed by atoms with Gasteiger partial charge in [-0.1, -0.05) is 23.7 Å². The molecule has 146 valence electrons. The van der Waals surface area contributed by atoms with Gasteiger partial charge in [0.25, 0.3) is 5.91 Å². The summed E-state index contributed by atoms with van der Waals surface area (Å²) in [5, 5.41) is 3.15. The SMILES string of the molecule is C[C@H](OC(=O)/C=C/c1ccc2c(c1)OCCCO2)C(=O)Nc1cccc(Cl)c1. The monoisotopic (exact) mass is 401 g/mol. The van der Waals surface area contributed by atoms with E-state index in [4.69, 9.17) is 25.8 Å². The molecule has 7 heteroatoms. The largest absolute Gasteiger partial charge is 0.490 e. The maximum Gasteiger partial charge on any atom is 0.331 e. The molecule has 3 rings (SSSR count). The summed E-state index contributed by atoms with van der Waals surface area (Å²) >= 11 is 5.88. The van der Waals surface area contributed by atoms with E-state index in [9.17, 15) is 9.59 Å². The van der Waals surface area contributed by atoms with Crippen LogP contribution in [-0.4, -0.2) is 31.2 Å². The van der Waals surface area contributed by atoms with Crippen molar-refractivity contribution in [1.82, 2.24) is 0 Å². The van der Waals surface area contributed by atoms with Crippen molar-refractivity contribution < 1.29 is 23.8 Å². The van der Waals surface area contributed by atoms with Crippen LogP contribution in [0.2, 0.25) is 5.02 Å². The predicted octanol–water partition coefficient (Wildman–Crippen LogP) is 4.08. The number of anilines is 1. The van der Waals surface area contributed by atoms with Crippen molar-refractivity contribution in [3.63, 3.8) is 0 Å². The van der Waals surface area contributed by atoms with Gasteiger partial charge < -0.3 is 19.5 Å². The summed E-state index contributed by atoms with van der Waals surface area (Å²) in [5.41, 5.74) is 1.29. The molecule has 0 bridgehead atoms. The van der Waals surface area contributed by atoms with Crippen molar-refractivity contribution in [2.45, 2.75) is 19.4 Å². The highest BCUT2D eigenvalue weighted by Crippen LogP contribution is 2.30. The molecule has 1 aliphatic heterocycles. The van der Waals surface area contributed by atoms with Gasteiger partial charge in [-0.2, -0.15) is 0 Å². The van der Waals surface area contributed by atoms with E-state index in [1.807, 2.05) is 6.07 Å². The third-order valence-corrected chi connectivity index (χ3v) is 4.17. The summed E-state index contributed by atoms with van der Waals surface area (Å²) in [6.07, 6.45) is 2.72. The molecule has 6 nitrogen and oxygen atoms in total. The van der Waals surface area contributed by atoms with E-state index in [1.54, 1.807) is 42.5 Å². The Bertz CT molecular complexity index is 896. The second-order valence-electron chi connectivity index (χ2n) is 6.17. The molecule has 2 aromatic rings. The fourth-order valence-electron chi connectivity index (χ4n) is 2.52. The number of hydrogen-bond acceptors (Lipinski definition) is 5. The lowest BCUT2D eigenvalue weighted by Crippen LogP contribution is -2.29. The van der Waals surface area contributed by atoms with Crippen LogP contribution in [0.3, 0.4) is 0 Å². The first-order valence-electron chi connectivity index (χ1n) is 8.86. The third-order valence-electron chi connectivity index (χ3n) is 3.94. The highest BCUT2D eigenvalue weighted by molar-refractivity contribution is 6.30. The van der Waals surface area contributed by atoms with Gasteiger partial charge >= 0.3 is 5.97 Å². The molecule has 0 unspecified atom stereocenters. The number of carbonyl (C=O) groups excluding carboxylic acids is 2. The van der Waals surface area contributed by atoms with Gasteiger partial charge in [0.2, 0.25) is 0 Å². The minimum Gasteiger partial charge on any atom is -0.490 e. The van der Waals surface area contributed by atoms with Crippen LogP contribution in [0.15, 0.2) is 48.5 Å². The summed E-state index contributed by atoms with van der Waals surface area (Å²) in [5.74, 6) is 0.256. The molecule has 0 spiro atoms. The fourth-order valence-corrected chi connectivity index (χ4v) is 2.72. The molecule has 1 heterocycles. The average Bonchev–Trinajstić information content (AvgIpc) is 2.91. The Morgan fingerprint density at radius 1 is 1.14 bits per heavy atom. The second kappa shape index (κ2) is 9.28.